The second-order valence-electron chi connectivity index (χ2n) is 35.9. The molecular weight excluding hydrogens is 1700 g/mol. The number of nitrogens with two attached hydrogens (primary N) is 1. The Hall–Kier alpha value is -10.2. The van der Waals surface area contributed by atoms with Gasteiger partial charge in [0.05, 0.1) is 101 Å². The standard InChI is InChI=1S/C95H135N17O20/c1-59-18-12-11-13-19-60(2)76(123-8)51-71-23-21-65(7)95(122,132-71)85(117)90(119)111-31-16-14-20-73(111)91(120)130-77(52-74(113)61(3)47-64(6)83(116)84(125-10)82(115)63(5)46-59)62(4)48-66-22-24-75(78(49-66)124-9)131-94(121)110-33-26-72-70(57-110)56-103-93(106-72)109-36-34-108(35-37-109)92-101-54-69(55-102-92)89(118)99-30-39-127-41-43-129-45-44-128-42-40-126-38-27-79(114)97-28-15-17-32-112-88-80(86(96)104-58-105-88)81(107-112)68-50-67-25-29-98-87(67)100-53-68/h11-13,18-19,25,29,47,50,53-56,58-59,61-63,65-66,71,73,75-78,81,83-84,107,116,122H,14-17,20-24,26-28,30-46,48-49,51-52,57H2,1-10H3,(H,97,114)(H,98,100)(H,99,118)(H2,96,104,105)/b13-11+,18-12+,60-19+,64-47+/t59-,61-,62-,63-,65-,66+,71+,73+,75-,76+,77+,78-,81?,83-,84+,95-/m1/s1. The van der Waals surface area contributed by atoms with Crippen LogP contribution >= 0.6 is 0 Å². The maximum atomic E-state index is 14.9. The number of nitrogens with zero attached hydrogens (tertiary/aromatic N) is 12. The normalized spacial score (nSPS) is 28.0. The zero-order valence-electron chi connectivity index (χ0n) is 78.0. The van der Waals surface area contributed by atoms with E-state index >= 15 is 0 Å². The number of Topliss-reactive ketones (excluding diaryl/α,β-unsaturated/α-hetero) is 3. The number of aromatic amines is 1. The van der Waals surface area contributed by atoms with Crippen molar-refractivity contribution in [3.8, 4) is 0 Å². The molecule has 1 unspecified atom stereocenters. The van der Waals surface area contributed by atoms with Crippen molar-refractivity contribution in [2.75, 3.05) is 154 Å². The molecule has 5 aromatic rings. The first-order valence-corrected chi connectivity index (χ1v) is 46.8. The van der Waals surface area contributed by atoms with Gasteiger partial charge in [0.15, 0.2) is 11.6 Å². The summed E-state index contributed by atoms with van der Waals surface area (Å²) in [7, 11) is 4.52. The summed E-state index contributed by atoms with van der Waals surface area (Å²) in [6, 6.07) is 2.59. The number of hydrogen-bond acceptors (Lipinski definition) is 32. The monoisotopic (exact) mass is 1830 g/mol. The average Bonchev–Trinajstić information content (AvgIpc) is 1.57. The molecule has 11 heterocycles. The molecule has 0 aromatic carbocycles. The summed E-state index contributed by atoms with van der Waals surface area (Å²) >= 11 is 0. The number of allylic oxidation sites excluding steroid dienone is 6. The van der Waals surface area contributed by atoms with Gasteiger partial charge in [-0.3, -0.25) is 33.8 Å². The molecule has 8 N–H and O–H groups in total. The second kappa shape index (κ2) is 49.2. The number of piperidine rings is 1. The minimum absolute atomic E-state index is 0.0241. The number of carbonyl (C=O) groups is 8. The van der Waals surface area contributed by atoms with Crippen LogP contribution in [0.15, 0.2) is 97.0 Å². The maximum Gasteiger partial charge on any atom is 0.410 e. The van der Waals surface area contributed by atoms with Gasteiger partial charge >= 0.3 is 12.1 Å². The van der Waals surface area contributed by atoms with Crippen molar-refractivity contribution in [1.82, 2.24) is 65.7 Å². The van der Waals surface area contributed by atoms with E-state index in [0.29, 0.717) is 179 Å². The molecule has 12 rings (SSSR count). The summed E-state index contributed by atoms with van der Waals surface area (Å²) in [5, 5.41) is 32.7. The van der Waals surface area contributed by atoms with E-state index in [4.69, 9.17) is 63.1 Å². The van der Waals surface area contributed by atoms with Gasteiger partial charge in [-0.2, -0.15) is 0 Å². The minimum atomic E-state index is -2.49. The molecule has 6 aliphatic heterocycles. The van der Waals surface area contributed by atoms with Gasteiger partial charge in [-0.1, -0.05) is 71.1 Å². The number of pyridine rings is 1. The predicted octanol–water partition coefficient (Wildman–Crippen LogP) is 7.74. The molecule has 0 radical (unpaired) electrons. The predicted molar refractivity (Wildman–Crippen MR) is 489 cm³/mol. The van der Waals surface area contributed by atoms with Crippen LogP contribution < -0.4 is 36.6 Å². The van der Waals surface area contributed by atoms with Crippen LogP contribution in [0.5, 0.6) is 0 Å². The van der Waals surface area contributed by atoms with Crippen molar-refractivity contribution >= 4 is 81.7 Å². The van der Waals surface area contributed by atoms with E-state index in [-0.39, 0.29) is 99.8 Å². The highest BCUT2D eigenvalue weighted by atomic mass is 16.6. The van der Waals surface area contributed by atoms with Crippen LogP contribution in [-0.4, -0.2) is 295 Å². The fourth-order valence-corrected chi connectivity index (χ4v) is 18.4. The highest BCUT2D eigenvalue weighted by Gasteiger charge is 2.54. The zero-order valence-corrected chi connectivity index (χ0v) is 78.0. The van der Waals surface area contributed by atoms with Gasteiger partial charge in [0.1, 0.15) is 54.0 Å². The third-order valence-electron chi connectivity index (χ3n) is 26.4. The van der Waals surface area contributed by atoms with E-state index in [1.54, 1.807) is 59.1 Å². The van der Waals surface area contributed by atoms with E-state index in [0.717, 1.165) is 57.7 Å². The summed E-state index contributed by atoms with van der Waals surface area (Å²) < 4.78 is 59.1. The summed E-state index contributed by atoms with van der Waals surface area (Å²) in [4.78, 5) is 154. The zero-order chi connectivity index (χ0) is 94.0. The molecular formula is C95H135N17O20. The van der Waals surface area contributed by atoms with Crippen molar-refractivity contribution < 1.29 is 95.9 Å². The second-order valence-corrected chi connectivity index (χ2v) is 35.9. The van der Waals surface area contributed by atoms with Crippen LogP contribution in [0.25, 0.3) is 11.0 Å². The summed E-state index contributed by atoms with van der Waals surface area (Å²) in [5.74, 6) is -6.92. The number of H-pyrrole nitrogens is 1. The van der Waals surface area contributed by atoms with Gasteiger partial charge in [-0.15, -0.1) is 0 Å². The van der Waals surface area contributed by atoms with Crippen molar-refractivity contribution in [3.63, 3.8) is 0 Å². The topological polar surface area (TPSA) is 454 Å². The van der Waals surface area contributed by atoms with Crippen LogP contribution in [0, 0.1) is 35.5 Å². The largest absolute Gasteiger partial charge is 0.460 e. The lowest BCUT2D eigenvalue weighted by Crippen LogP contribution is -2.61. The number of aromatic nitrogens is 8. The van der Waals surface area contributed by atoms with E-state index < -0.39 is 102 Å². The number of hydrazine groups is 1. The highest BCUT2D eigenvalue weighted by Crippen LogP contribution is 2.42. The molecule has 132 heavy (non-hydrogen) atoms. The molecule has 0 spiro atoms. The van der Waals surface area contributed by atoms with Crippen molar-refractivity contribution in [1.29, 1.82) is 0 Å². The number of ether oxygens (including phenoxy) is 10. The molecule has 2 bridgehead atoms. The van der Waals surface area contributed by atoms with Crippen molar-refractivity contribution in [2.24, 2.45) is 35.5 Å². The van der Waals surface area contributed by atoms with E-state index in [1.807, 2.05) is 79.5 Å². The Morgan fingerprint density at radius 1 is 0.735 bits per heavy atom. The number of cyclic esters (lactones) is 1. The van der Waals surface area contributed by atoms with Crippen LogP contribution in [-0.2, 0) is 89.1 Å². The summed E-state index contributed by atoms with van der Waals surface area (Å²) in [6.45, 7) is 19.7. The van der Waals surface area contributed by atoms with E-state index in [9.17, 15) is 48.6 Å². The molecule has 3 saturated heterocycles. The number of anilines is 4. The lowest BCUT2D eigenvalue weighted by Gasteiger charge is -2.42. The number of aliphatic hydroxyl groups is 2. The molecule has 4 amide bonds. The van der Waals surface area contributed by atoms with Gasteiger partial charge in [0.2, 0.25) is 23.6 Å². The van der Waals surface area contributed by atoms with Gasteiger partial charge in [0, 0.05) is 166 Å². The first kappa shape index (κ1) is 101. The Kier molecular flexibility index (Phi) is 37.5. The van der Waals surface area contributed by atoms with Crippen molar-refractivity contribution in [2.45, 2.75) is 218 Å². The average molecular weight is 1840 g/mol. The number of nitrogens with one attached hydrogen (secondary N) is 4. The lowest BCUT2D eigenvalue weighted by molar-refractivity contribution is -0.265. The fraction of sp³-hybridized carbons (Fsp3) is 0.632. The molecule has 4 fully saturated rings. The molecule has 5 aromatic heterocycles. The summed E-state index contributed by atoms with van der Waals surface area (Å²) in [6.07, 6.45) is 21.6. The summed E-state index contributed by atoms with van der Waals surface area (Å²) in [5.41, 5.74) is 15.6. The van der Waals surface area contributed by atoms with Crippen LogP contribution in [0.4, 0.5) is 28.3 Å². The van der Waals surface area contributed by atoms with Gasteiger partial charge in [0.25, 0.3) is 17.6 Å². The quantitative estimate of drug-likeness (QED) is 0.00965. The van der Waals surface area contributed by atoms with Crippen LogP contribution in [0.1, 0.15) is 184 Å². The number of unbranched alkanes of at least 4 members (excludes halogenated alkanes) is 1. The van der Waals surface area contributed by atoms with Gasteiger partial charge < -0.3 is 98.5 Å². The van der Waals surface area contributed by atoms with E-state index in [1.165, 1.54) is 30.7 Å². The van der Waals surface area contributed by atoms with E-state index in [2.05, 4.69) is 56.9 Å². The Morgan fingerprint density at radius 3 is 2.20 bits per heavy atom. The third kappa shape index (κ3) is 26.9. The Labute approximate surface area is 772 Å². The molecule has 7 aliphatic rings. The number of aliphatic hydroxyl groups excluding tert-OH is 1. The first-order valence-electron chi connectivity index (χ1n) is 46.8. The fourth-order valence-electron chi connectivity index (χ4n) is 18.4. The number of carbonyl (C=O) groups excluding carboxylic acids is 8. The number of hydrogen-bond donors (Lipinski definition) is 7. The maximum absolute atomic E-state index is 14.9. The van der Waals surface area contributed by atoms with Crippen molar-refractivity contribution in [3.05, 3.63) is 125 Å². The number of fused-ring (bicyclic) bond motifs is 6. The molecule has 1 saturated carbocycles. The Balaban J connectivity index is 0.536. The van der Waals surface area contributed by atoms with Crippen LogP contribution in [0.2, 0.25) is 0 Å². The Bertz CT molecular complexity index is 4820. The van der Waals surface area contributed by atoms with Crippen LogP contribution in [0.3, 0.4) is 0 Å². The number of amides is 4. The molecule has 1 aliphatic carbocycles. The number of nitrogen functional groups attached to an aromatic ring is 1. The number of piperazine rings is 1. The molecule has 37 heteroatoms. The highest BCUT2D eigenvalue weighted by molar-refractivity contribution is 6.39. The SMILES string of the molecule is CO[C@H]1C[C@@H]2CC[C@@H](C)[C@@](O)(O2)C(=O)C(=O)N2CCCC[C@H]2C(=O)O[C@H]([C@H](C)C[C@@H]2CC[C@@H](OC(=O)N3CCc4nc(N5CCN(c6ncc(C(=O)NCCOCCOCCOCCOCCC(=O)NCCCCN7NC(c8cnc9[nH]ccc9c8)c8c(N)ncnc87)cn6)CC5)ncc4C3)[C@H](OC)C2)CC(=O)[C@H](C)/C=C(\C)[C@@H](O)[C@@H](OC)C(=O)[C@H](C)C[C@H](C)/C=C/C=C/C=C/1C. The number of methoxy groups -OCH3 is 3. The minimum Gasteiger partial charge on any atom is -0.460 e. The van der Waals surface area contributed by atoms with Gasteiger partial charge in [-0.25, -0.2) is 49.9 Å². The Morgan fingerprint density at radius 2 is 1.46 bits per heavy atom. The first-order chi connectivity index (χ1) is 63.7. The smallest absolute Gasteiger partial charge is 0.410 e. The number of esters is 1. The molecule has 37 nitrogen and oxygen atoms in total. The third-order valence-corrected chi connectivity index (χ3v) is 26.4. The molecule has 16 atom stereocenters. The van der Waals surface area contributed by atoms with Gasteiger partial charge in [-0.05, 0) is 137 Å². The number of ketones is 3. The lowest BCUT2D eigenvalue weighted by atomic mass is 9.78. The molecule has 720 valence electrons. The number of rotatable bonds is 31.